The van der Waals surface area contributed by atoms with Crippen LogP contribution in [0.5, 0.6) is 0 Å². The minimum atomic E-state index is -3.16. The van der Waals surface area contributed by atoms with Crippen LogP contribution in [0, 0.1) is 0 Å². The molecule has 2 heterocycles. The Hall–Kier alpha value is -3.39. The van der Waals surface area contributed by atoms with Gasteiger partial charge in [0.15, 0.2) is 0 Å². The van der Waals surface area contributed by atoms with Crippen LogP contribution in [0.4, 0.5) is 25.8 Å². The van der Waals surface area contributed by atoms with Crippen molar-refractivity contribution in [2.75, 3.05) is 41.4 Å². The first kappa shape index (κ1) is 20.5. The Balaban J connectivity index is 1.62. The molecule has 0 aliphatic carbocycles. The molecule has 2 N–H and O–H groups in total. The van der Waals surface area contributed by atoms with E-state index in [2.05, 4.69) is 10.2 Å². The van der Waals surface area contributed by atoms with E-state index >= 15 is 0 Å². The highest BCUT2D eigenvalue weighted by Gasteiger charge is 2.57. The standard InChI is InChI=1S/C24H23F2N3O3/c25-22(26)24(23(30)31)27-20-9-8-18(28-10-12-32-13-11-28)14-21(20)29(24)15-17-6-3-5-16-4-1-2-7-19(16)17/h1-9,14,22,27H,10-13,15H2,(H,30,31). The van der Waals surface area contributed by atoms with E-state index in [-0.39, 0.29) is 6.54 Å². The Morgan fingerprint density at radius 2 is 1.84 bits per heavy atom. The summed E-state index contributed by atoms with van der Waals surface area (Å²) in [6.45, 7) is 2.57. The molecule has 1 atom stereocenters. The predicted molar refractivity (Wildman–Crippen MR) is 120 cm³/mol. The van der Waals surface area contributed by atoms with Gasteiger partial charge in [-0.3, -0.25) is 0 Å². The van der Waals surface area contributed by atoms with Crippen LogP contribution >= 0.6 is 0 Å². The number of benzene rings is 3. The van der Waals surface area contributed by atoms with Crippen molar-refractivity contribution in [2.24, 2.45) is 0 Å². The van der Waals surface area contributed by atoms with Crippen molar-refractivity contribution in [2.45, 2.75) is 18.6 Å². The van der Waals surface area contributed by atoms with Crippen molar-refractivity contribution in [1.29, 1.82) is 0 Å². The van der Waals surface area contributed by atoms with Crippen molar-refractivity contribution >= 4 is 33.8 Å². The Morgan fingerprint density at radius 1 is 1.09 bits per heavy atom. The molecule has 1 fully saturated rings. The number of halogens is 2. The number of hydrogen-bond donors (Lipinski definition) is 2. The molecule has 3 aromatic carbocycles. The van der Waals surface area contributed by atoms with Gasteiger partial charge in [0.1, 0.15) is 0 Å². The average Bonchev–Trinajstić information content (AvgIpc) is 3.15. The van der Waals surface area contributed by atoms with Crippen LogP contribution in [0.3, 0.4) is 0 Å². The van der Waals surface area contributed by atoms with Crippen molar-refractivity contribution in [3.05, 3.63) is 66.2 Å². The van der Waals surface area contributed by atoms with Gasteiger partial charge in [0.25, 0.3) is 12.1 Å². The number of fused-ring (bicyclic) bond motifs is 2. The van der Waals surface area contributed by atoms with Gasteiger partial charge in [0.05, 0.1) is 24.6 Å². The Bertz CT molecular complexity index is 1160. The van der Waals surface area contributed by atoms with E-state index in [9.17, 15) is 18.7 Å². The van der Waals surface area contributed by atoms with E-state index in [0.717, 1.165) is 22.0 Å². The minimum Gasteiger partial charge on any atom is -0.478 e. The monoisotopic (exact) mass is 439 g/mol. The number of carbonyl (C=O) groups is 1. The second-order valence-corrected chi connectivity index (χ2v) is 8.02. The molecule has 0 saturated carbocycles. The maximum absolute atomic E-state index is 14.4. The van der Waals surface area contributed by atoms with Gasteiger partial charge in [-0.2, -0.15) is 0 Å². The fourth-order valence-corrected chi connectivity index (χ4v) is 4.58. The molecule has 3 aromatic rings. The van der Waals surface area contributed by atoms with E-state index < -0.39 is 18.1 Å². The SMILES string of the molecule is O=C(O)C1(C(F)F)Nc2ccc(N3CCOCC3)cc2N1Cc1cccc2ccccc12. The molecule has 166 valence electrons. The zero-order chi connectivity index (χ0) is 22.3. The van der Waals surface area contributed by atoms with Gasteiger partial charge in [-0.15, -0.1) is 0 Å². The number of ether oxygens (including phenoxy) is 1. The zero-order valence-electron chi connectivity index (χ0n) is 17.3. The molecular formula is C24H23F2N3O3. The number of alkyl halides is 2. The third-order valence-electron chi connectivity index (χ3n) is 6.25. The number of hydrogen-bond acceptors (Lipinski definition) is 5. The maximum Gasteiger partial charge on any atom is 0.356 e. The Kier molecular flexibility index (Phi) is 5.09. The molecule has 8 heteroatoms. The van der Waals surface area contributed by atoms with Crippen LogP contribution in [-0.4, -0.2) is 49.5 Å². The molecule has 1 unspecified atom stereocenters. The van der Waals surface area contributed by atoms with Crippen molar-refractivity contribution in [3.8, 4) is 0 Å². The summed E-state index contributed by atoms with van der Waals surface area (Å²) in [5.41, 5.74) is -0.0919. The van der Waals surface area contributed by atoms with Crippen molar-refractivity contribution in [1.82, 2.24) is 0 Å². The van der Waals surface area contributed by atoms with E-state index in [0.29, 0.717) is 37.7 Å². The van der Waals surface area contributed by atoms with E-state index in [4.69, 9.17) is 4.74 Å². The second-order valence-electron chi connectivity index (χ2n) is 8.02. The molecule has 32 heavy (non-hydrogen) atoms. The maximum atomic E-state index is 14.4. The highest BCUT2D eigenvalue weighted by Crippen LogP contribution is 2.46. The Morgan fingerprint density at radius 3 is 2.59 bits per heavy atom. The summed E-state index contributed by atoms with van der Waals surface area (Å²) in [6.07, 6.45) is -3.16. The lowest BCUT2D eigenvalue weighted by Gasteiger charge is -2.36. The smallest absolute Gasteiger partial charge is 0.356 e. The average molecular weight is 439 g/mol. The molecule has 2 aliphatic heterocycles. The number of rotatable bonds is 5. The first-order valence-corrected chi connectivity index (χ1v) is 10.5. The third-order valence-corrected chi connectivity index (χ3v) is 6.25. The minimum absolute atomic E-state index is 0.0184. The summed E-state index contributed by atoms with van der Waals surface area (Å²) in [7, 11) is 0. The number of carboxylic acid groups (broad SMARTS) is 1. The van der Waals surface area contributed by atoms with Gasteiger partial charge >= 0.3 is 5.97 Å². The molecule has 0 amide bonds. The lowest BCUT2D eigenvalue weighted by Crippen LogP contribution is -2.62. The normalized spacial score (nSPS) is 20.5. The molecular weight excluding hydrogens is 416 g/mol. The quantitative estimate of drug-likeness (QED) is 0.623. The Labute approximate surface area is 184 Å². The molecule has 0 radical (unpaired) electrons. The van der Waals surface area contributed by atoms with Crippen LogP contribution < -0.4 is 15.1 Å². The topological polar surface area (TPSA) is 65.0 Å². The van der Waals surface area contributed by atoms with Gasteiger partial charge in [0.2, 0.25) is 0 Å². The highest BCUT2D eigenvalue weighted by molar-refractivity contribution is 5.96. The van der Waals surface area contributed by atoms with E-state index in [1.807, 2.05) is 48.5 Å². The second kappa shape index (κ2) is 7.94. The van der Waals surface area contributed by atoms with Crippen LogP contribution in [0.25, 0.3) is 10.8 Å². The number of nitrogens with zero attached hydrogens (tertiary/aromatic N) is 2. The first-order valence-electron chi connectivity index (χ1n) is 10.5. The molecule has 1 saturated heterocycles. The molecule has 2 aliphatic rings. The summed E-state index contributed by atoms with van der Waals surface area (Å²) in [5.74, 6) is -1.61. The van der Waals surface area contributed by atoms with Crippen LogP contribution in [0.1, 0.15) is 5.56 Å². The van der Waals surface area contributed by atoms with Gasteiger partial charge in [-0.25, -0.2) is 13.6 Å². The summed E-state index contributed by atoms with van der Waals surface area (Å²) in [5, 5.41) is 14.5. The lowest BCUT2D eigenvalue weighted by atomic mass is 10.0. The van der Waals surface area contributed by atoms with Crippen LogP contribution in [0.2, 0.25) is 0 Å². The van der Waals surface area contributed by atoms with Gasteiger partial charge in [0, 0.05) is 25.3 Å². The summed E-state index contributed by atoms with van der Waals surface area (Å²) in [4.78, 5) is 15.7. The molecule has 0 aromatic heterocycles. The summed E-state index contributed by atoms with van der Waals surface area (Å²) in [6, 6.07) is 18.6. The lowest BCUT2D eigenvalue weighted by molar-refractivity contribution is -0.147. The molecule has 0 spiro atoms. The van der Waals surface area contributed by atoms with Crippen LogP contribution in [-0.2, 0) is 16.1 Å². The number of aliphatic carboxylic acids is 1. The highest BCUT2D eigenvalue weighted by atomic mass is 19.3. The number of anilines is 3. The first-order chi connectivity index (χ1) is 15.5. The van der Waals surface area contributed by atoms with Crippen molar-refractivity contribution in [3.63, 3.8) is 0 Å². The molecule has 6 nitrogen and oxygen atoms in total. The van der Waals surface area contributed by atoms with E-state index in [1.54, 1.807) is 12.1 Å². The molecule has 0 bridgehead atoms. The van der Waals surface area contributed by atoms with Gasteiger partial charge < -0.3 is 25.0 Å². The third kappa shape index (κ3) is 3.22. The summed E-state index contributed by atoms with van der Waals surface area (Å²) < 4.78 is 34.3. The number of carboxylic acids is 1. The fraction of sp³-hybridized carbons (Fsp3) is 0.292. The van der Waals surface area contributed by atoms with Gasteiger partial charge in [-0.05, 0) is 34.5 Å². The van der Waals surface area contributed by atoms with Crippen LogP contribution in [0.15, 0.2) is 60.7 Å². The van der Waals surface area contributed by atoms with Crippen molar-refractivity contribution < 1.29 is 23.4 Å². The van der Waals surface area contributed by atoms with Gasteiger partial charge in [-0.1, -0.05) is 42.5 Å². The summed E-state index contributed by atoms with van der Waals surface area (Å²) >= 11 is 0. The fourth-order valence-electron chi connectivity index (χ4n) is 4.58. The predicted octanol–water partition coefficient (Wildman–Crippen LogP) is 4.15. The number of nitrogens with one attached hydrogen (secondary N) is 1. The number of morpholine rings is 1. The van der Waals surface area contributed by atoms with E-state index in [1.165, 1.54) is 4.90 Å². The zero-order valence-corrected chi connectivity index (χ0v) is 17.3. The largest absolute Gasteiger partial charge is 0.478 e. The molecule has 5 rings (SSSR count).